The van der Waals surface area contributed by atoms with Crippen LogP contribution in [-0.2, 0) is 6.42 Å². The highest BCUT2D eigenvalue weighted by atomic mass is 79.9. The minimum Gasteiger partial charge on any atom is -0.241 e. The van der Waals surface area contributed by atoms with Gasteiger partial charge in [0, 0.05) is 11.2 Å². The number of para-hydroxylation sites is 1. The summed E-state index contributed by atoms with van der Waals surface area (Å²) >= 11 is 5.43. The summed E-state index contributed by atoms with van der Waals surface area (Å²) < 4.78 is 1.29. The SMILES string of the molecule is CC(Br)C(C)Cc1nc2ccccc2s1. The van der Waals surface area contributed by atoms with Crippen molar-refractivity contribution >= 4 is 37.5 Å². The van der Waals surface area contributed by atoms with Gasteiger partial charge in [0.1, 0.15) is 0 Å². The Kier molecular flexibility index (Phi) is 3.42. The normalized spacial score (nSPS) is 15.4. The Bertz CT molecular complexity index is 417. The van der Waals surface area contributed by atoms with Crippen molar-refractivity contribution in [2.24, 2.45) is 5.92 Å². The molecule has 2 unspecified atom stereocenters. The van der Waals surface area contributed by atoms with Gasteiger partial charge in [-0.2, -0.15) is 0 Å². The molecule has 0 saturated carbocycles. The third-order valence-corrected chi connectivity index (χ3v) is 4.58. The van der Waals surface area contributed by atoms with E-state index in [1.165, 1.54) is 9.71 Å². The summed E-state index contributed by atoms with van der Waals surface area (Å²) in [5.41, 5.74) is 1.13. The van der Waals surface area contributed by atoms with Gasteiger partial charge in [-0.1, -0.05) is 41.9 Å². The van der Waals surface area contributed by atoms with Crippen molar-refractivity contribution in [3.05, 3.63) is 29.3 Å². The van der Waals surface area contributed by atoms with Gasteiger partial charge in [0.25, 0.3) is 0 Å². The molecule has 1 aromatic heterocycles. The molecule has 0 bridgehead atoms. The highest BCUT2D eigenvalue weighted by Gasteiger charge is 2.12. The first-order chi connectivity index (χ1) is 7.16. The van der Waals surface area contributed by atoms with E-state index in [1.807, 2.05) is 17.4 Å². The second-order valence-electron chi connectivity index (χ2n) is 3.93. The zero-order valence-corrected chi connectivity index (χ0v) is 11.3. The molecule has 2 atom stereocenters. The lowest BCUT2D eigenvalue weighted by atomic mass is 10.1. The molecule has 3 heteroatoms. The number of hydrogen-bond acceptors (Lipinski definition) is 2. The number of thiazole rings is 1. The molecule has 0 N–H and O–H groups in total. The zero-order valence-electron chi connectivity index (χ0n) is 8.90. The third kappa shape index (κ3) is 2.58. The van der Waals surface area contributed by atoms with E-state index >= 15 is 0 Å². The van der Waals surface area contributed by atoms with Crippen molar-refractivity contribution in [2.75, 3.05) is 0 Å². The van der Waals surface area contributed by atoms with E-state index in [0.29, 0.717) is 10.7 Å². The fourth-order valence-corrected chi connectivity index (χ4v) is 2.74. The summed E-state index contributed by atoms with van der Waals surface area (Å²) in [5, 5.41) is 1.25. The van der Waals surface area contributed by atoms with E-state index in [-0.39, 0.29) is 0 Å². The molecule has 0 amide bonds. The van der Waals surface area contributed by atoms with Gasteiger partial charge in [-0.15, -0.1) is 11.3 Å². The summed E-state index contributed by atoms with van der Waals surface area (Å²) in [4.78, 5) is 5.18. The quantitative estimate of drug-likeness (QED) is 0.767. The lowest BCUT2D eigenvalue weighted by Crippen LogP contribution is -2.09. The number of hydrogen-bond donors (Lipinski definition) is 0. The smallest absolute Gasteiger partial charge is 0.0941 e. The van der Waals surface area contributed by atoms with Crippen LogP contribution in [-0.4, -0.2) is 9.81 Å². The Balaban J connectivity index is 2.22. The summed E-state index contributed by atoms with van der Waals surface area (Å²) in [6, 6.07) is 8.33. The van der Waals surface area contributed by atoms with Crippen molar-refractivity contribution in [2.45, 2.75) is 25.1 Å². The molecule has 80 valence electrons. The molecule has 0 spiro atoms. The Morgan fingerprint density at radius 3 is 2.73 bits per heavy atom. The van der Waals surface area contributed by atoms with E-state index in [1.54, 1.807) is 0 Å². The number of halogens is 1. The van der Waals surface area contributed by atoms with Gasteiger partial charge >= 0.3 is 0 Å². The van der Waals surface area contributed by atoms with Gasteiger partial charge in [0.05, 0.1) is 15.2 Å². The minimum atomic E-state index is 0.546. The number of fused-ring (bicyclic) bond motifs is 1. The molecule has 2 rings (SSSR count). The first kappa shape index (κ1) is 11.1. The fraction of sp³-hybridized carbons (Fsp3) is 0.417. The maximum atomic E-state index is 4.63. The second kappa shape index (κ2) is 4.62. The molecule has 0 aliphatic carbocycles. The number of rotatable bonds is 3. The standard InChI is InChI=1S/C12H14BrNS/c1-8(9(2)13)7-12-14-10-5-3-4-6-11(10)15-12/h3-6,8-9H,7H2,1-2H3. The highest BCUT2D eigenvalue weighted by Crippen LogP contribution is 2.25. The summed E-state index contributed by atoms with van der Waals surface area (Å²) in [6.07, 6.45) is 1.06. The van der Waals surface area contributed by atoms with Crippen LogP contribution in [0.1, 0.15) is 18.9 Å². The van der Waals surface area contributed by atoms with E-state index < -0.39 is 0 Å². The van der Waals surface area contributed by atoms with Crippen LogP contribution in [0.15, 0.2) is 24.3 Å². The highest BCUT2D eigenvalue weighted by molar-refractivity contribution is 9.09. The van der Waals surface area contributed by atoms with E-state index in [0.717, 1.165) is 11.9 Å². The van der Waals surface area contributed by atoms with Gasteiger partial charge < -0.3 is 0 Å². The topological polar surface area (TPSA) is 12.9 Å². The molecule has 0 radical (unpaired) electrons. The van der Waals surface area contributed by atoms with E-state index in [9.17, 15) is 0 Å². The molecule has 0 fully saturated rings. The van der Waals surface area contributed by atoms with Crippen LogP contribution in [0.4, 0.5) is 0 Å². The Labute approximate surface area is 103 Å². The fourth-order valence-electron chi connectivity index (χ4n) is 1.45. The molecule has 1 heterocycles. The Hall–Kier alpha value is -0.410. The number of alkyl halides is 1. The maximum absolute atomic E-state index is 4.63. The lowest BCUT2D eigenvalue weighted by Gasteiger charge is -2.11. The first-order valence-corrected chi connectivity index (χ1v) is 6.88. The van der Waals surface area contributed by atoms with Crippen molar-refractivity contribution < 1.29 is 0 Å². The molecular weight excluding hydrogens is 270 g/mol. The van der Waals surface area contributed by atoms with Crippen molar-refractivity contribution in [3.63, 3.8) is 0 Å². The van der Waals surface area contributed by atoms with Crippen LogP contribution in [0.25, 0.3) is 10.2 Å². The molecule has 1 aromatic carbocycles. The van der Waals surface area contributed by atoms with Crippen molar-refractivity contribution in [1.82, 2.24) is 4.98 Å². The third-order valence-electron chi connectivity index (χ3n) is 2.62. The summed E-state index contributed by atoms with van der Waals surface area (Å²) in [5.74, 6) is 0.630. The average molecular weight is 284 g/mol. The van der Waals surface area contributed by atoms with Gasteiger partial charge in [-0.25, -0.2) is 4.98 Å². The lowest BCUT2D eigenvalue weighted by molar-refractivity contribution is 0.580. The predicted molar refractivity (Wildman–Crippen MR) is 70.9 cm³/mol. The minimum absolute atomic E-state index is 0.546. The van der Waals surface area contributed by atoms with Gasteiger partial charge in [-0.05, 0) is 18.1 Å². The van der Waals surface area contributed by atoms with Crippen LogP contribution >= 0.6 is 27.3 Å². The Morgan fingerprint density at radius 1 is 1.33 bits per heavy atom. The van der Waals surface area contributed by atoms with Crippen molar-refractivity contribution in [1.29, 1.82) is 0 Å². The molecule has 0 aliphatic rings. The molecule has 1 nitrogen and oxygen atoms in total. The zero-order chi connectivity index (χ0) is 10.8. The Morgan fingerprint density at radius 2 is 2.07 bits per heavy atom. The molecule has 0 saturated heterocycles. The number of nitrogens with zero attached hydrogens (tertiary/aromatic N) is 1. The summed E-state index contributed by atoms with van der Waals surface area (Å²) in [6.45, 7) is 4.45. The van der Waals surface area contributed by atoms with Crippen LogP contribution in [0.5, 0.6) is 0 Å². The van der Waals surface area contributed by atoms with Crippen LogP contribution < -0.4 is 0 Å². The largest absolute Gasteiger partial charge is 0.241 e. The van der Waals surface area contributed by atoms with Gasteiger partial charge in [-0.3, -0.25) is 0 Å². The monoisotopic (exact) mass is 283 g/mol. The molecule has 0 aliphatic heterocycles. The van der Waals surface area contributed by atoms with Gasteiger partial charge in [0.15, 0.2) is 0 Å². The van der Waals surface area contributed by atoms with Crippen molar-refractivity contribution in [3.8, 4) is 0 Å². The second-order valence-corrected chi connectivity index (χ2v) is 6.49. The first-order valence-electron chi connectivity index (χ1n) is 5.15. The molecule has 2 aromatic rings. The predicted octanol–water partition coefficient (Wildman–Crippen LogP) is 4.26. The number of aromatic nitrogens is 1. The molecular formula is C12H14BrNS. The molecule has 15 heavy (non-hydrogen) atoms. The van der Waals surface area contributed by atoms with E-state index in [2.05, 4.69) is 53.0 Å². The van der Waals surface area contributed by atoms with Crippen LogP contribution in [0.3, 0.4) is 0 Å². The number of benzene rings is 1. The van der Waals surface area contributed by atoms with E-state index in [4.69, 9.17) is 0 Å². The van der Waals surface area contributed by atoms with Crippen LogP contribution in [0, 0.1) is 5.92 Å². The summed E-state index contributed by atoms with van der Waals surface area (Å²) in [7, 11) is 0. The van der Waals surface area contributed by atoms with Gasteiger partial charge in [0.2, 0.25) is 0 Å². The van der Waals surface area contributed by atoms with Crippen LogP contribution in [0.2, 0.25) is 0 Å². The average Bonchev–Trinajstić information content (AvgIpc) is 2.59. The maximum Gasteiger partial charge on any atom is 0.0941 e.